The van der Waals surface area contributed by atoms with Gasteiger partial charge in [0, 0.05) is 23.5 Å². The first-order valence-corrected chi connectivity index (χ1v) is 8.02. The van der Waals surface area contributed by atoms with Crippen LogP contribution in [0, 0.1) is 0 Å². The molecule has 0 bridgehead atoms. The molecule has 1 fully saturated rings. The Morgan fingerprint density at radius 3 is 2.27 bits per heavy atom. The van der Waals surface area contributed by atoms with Crippen molar-refractivity contribution in [2.45, 2.75) is 13.1 Å². The zero-order chi connectivity index (χ0) is 15.2. The van der Waals surface area contributed by atoms with Gasteiger partial charge in [-0.2, -0.15) is 0 Å². The molecule has 1 aromatic carbocycles. The number of rotatable bonds is 5. The zero-order valence-corrected chi connectivity index (χ0v) is 13.2. The molecule has 0 amide bonds. The number of aromatic nitrogens is 1. The second kappa shape index (κ2) is 7.38. The standard InChI is InChI=1S/C18H23N3O/c1-22-18-6-2-4-16(12-18)14-20-8-10-21(11-9-20)15-17-5-3-7-19-13-17/h2-7,12-13H,8-11,14-15H2,1H3/p+2. The van der Waals surface area contributed by atoms with Gasteiger partial charge in [-0.05, 0) is 18.2 Å². The molecule has 1 saturated heterocycles. The number of nitrogens with one attached hydrogen (secondary N) is 2. The van der Waals surface area contributed by atoms with Crippen LogP contribution < -0.4 is 14.5 Å². The van der Waals surface area contributed by atoms with Crippen molar-refractivity contribution in [1.29, 1.82) is 0 Å². The molecule has 0 saturated carbocycles. The predicted octanol–water partition coefficient (Wildman–Crippen LogP) is -0.426. The van der Waals surface area contributed by atoms with E-state index in [1.54, 1.807) is 16.9 Å². The summed E-state index contributed by atoms with van der Waals surface area (Å²) in [6, 6.07) is 12.6. The minimum absolute atomic E-state index is 0.956. The minimum atomic E-state index is 0.956. The lowest BCUT2D eigenvalue weighted by atomic mass is 10.2. The van der Waals surface area contributed by atoms with E-state index in [1.165, 1.54) is 37.3 Å². The van der Waals surface area contributed by atoms with Crippen LogP contribution in [0.15, 0.2) is 48.8 Å². The highest BCUT2D eigenvalue weighted by Crippen LogP contribution is 2.11. The maximum absolute atomic E-state index is 5.31. The highest BCUT2D eigenvalue weighted by molar-refractivity contribution is 5.27. The van der Waals surface area contributed by atoms with Crippen molar-refractivity contribution in [3.05, 3.63) is 59.9 Å². The van der Waals surface area contributed by atoms with E-state index < -0.39 is 0 Å². The fourth-order valence-electron chi connectivity index (χ4n) is 3.17. The van der Waals surface area contributed by atoms with Crippen LogP contribution in [0.5, 0.6) is 5.75 Å². The number of piperazine rings is 1. The van der Waals surface area contributed by atoms with Crippen molar-refractivity contribution in [2.75, 3.05) is 33.3 Å². The van der Waals surface area contributed by atoms with Gasteiger partial charge in [0.05, 0.1) is 7.11 Å². The summed E-state index contributed by atoms with van der Waals surface area (Å²) in [5.74, 6) is 0.956. The van der Waals surface area contributed by atoms with Crippen molar-refractivity contribution in [3.63, 3.8) is 0 Å². The Kier molecular flexibility index (Phi) is 5.03. The number of nitrogens with zero attached hydrogens (tertiary/aromatic N) is 1. The third-order valence-electron chi connectivity index (χ3n) is 4.43. The summed E-state index contributed by atoms with van der Waals surface area (Å²) in [6.45, 7) is 7.11. The summed E-state index contributed by atoms with van der Waals surface area (Å²) in [5.41, 5.74) is 2.71. The monoisotopic (exact) mass is 299 g/mol. The lowest BCUT2D eigenvalue weighted by molar-refractivity contribution is -1.02. The number of methoxy groups -OCH3 is 1. The van der Waals surface area contributed by atoms with Crippen molar-refractivity contribution in [3.8, 4) is 5.75 Å². The normalized spacial score (nSPS) is 21.5. The molecule has 116 valence electrons. The fourth-order valence-corrected chi connectivity index (χ4v) is 3.17. The van der Waals surface area contributed by atoms with Crippen LogP contribution >= 0.6 is 0 Å². The molecule has 4 heteroatoms. The summed E-state index contributed by atoms with van der Waals surface area (Å²) in [6.07, 6.45) is 3.83. The lowest BCUT2D eigenvalue weighted by Crippen LogP contribution is -3.27. The van der Waals surface area contributed by atoms with Gasteiger partial charge in [0.15, 0.2) is 0 Å². The largest absolute Gasteiger partial charge is 0.497 e. The molecule has 0 radical (unpaired) electrons. The number of benzene rings is 1. The number of ether oxygens (including phenoxy) is 1. The van der Waals surface area contributed by atoms with Crippen molar-refractivity contribution in [2.24, 2.45) is 0 Å². The van der Waals surface area contributed by atoms with Crippen LogP contribution in [0.2, 0.25) is 0 Å². The maximum atomic E-state index is 5.31. The van der Waals surface area contributed by atoms with Crippen LogP contribution in [-0.4, -0.2) is 38.3 Å². The first-order chi connectivity index (χ1) is 10.8. The molecule has 0 aliphatic carbocycles. The molecule has 1 aliphatic heterocycles. The van der Waals surface area contributed by atoms with Crippen LogP contribution in [-0.2, 0) is 13.1 Å². The molecule has 2 heterocycles. The highest BCUT2D eigenvalue weighted by Gasteiger charge is 2.23. The van der Waals surface area contributed by atoms with Gasteiger partial charge in [-0.3, -0.25) is 4.98 Å². The number of quaternary nitrogens is 2. The van der Waals surface area contributed by atoms with E-state index in [-0.39, 0.29) is 0 Å². The summed E-state index contributed by atoms with van der Waals surface area (Å²) in [7, 11) is 1.73. The molecule has 4 nitrogen and oxygen atoms in total. The van der Waals surface area contributed by atoms with E-state index in [1.807, 2.05) is 24.5 Å². The third-order valence-corrected chi connectivity index (χ3v) is 4.43. The molecule has 1 aromatic heterocycles. The quantitative estimate of drug-likeness (QED) is 0.785. The highest BCUT2D eigenvalue weighted by atomic mass is 16.5. The molecular formula is C18H25N3O+2. The Balaban J connectivity index is 1.49. The van der Waals surface area contributed by atoms with Gasteiger partial charge in [0.1, 0.15) is 45.0 Å². The van der Waals surface area contributed by atoms with Gasteiger partial charge in [-0.1, -0.05) is 18.2 Å². The van der Waals surface area contributed by atoms with E-state index in [0.717, 1.165) is 18.8 Å². The molecule has 1 aliphatic rings. The van der Waals surface area contributed by atoms with Crippen LogP contribution in [0.4, 0.5) is 0 Å². The van der Waals surface area contributed by atoms with Crippen LogP contribution in [0.1, 0.15) is 11.1 Å². The molecule has 0 unspecified atom stereocenters. The molecular weight excluding hydrogens is 274 g/mol. The molecule has 2 aromatic rings. The molecule has 0 atom stereocenters. The first kappa shape index (κ1) is 15.0. The zero-order valence-electron chi connectivity index (χ0n) is 13.2. The topological polar surface area (TPSA) is 31.0 Å². The third kappa shape index (κ3) is 4.06. The van der Waals surface area contributed by atoms with Gasteiger partial charge in [0.25, 0.3) is 0 Å². The summed E-state index contributed by atoms with van der Waals surface area (Å²) in [5, 5.41) is 0. The predicted molar refractivity (Wildman–Crippen MR) is 86.0 cm³/mol. The Morgan fingerprint density at radius 2 is 1.64 bits per heavy atom. The first-order valence-electron chi connectivity index (χ1n) is 8.02. The lowest BCUT2D eigenvalue weighted by Gasteiger charge is -2.29. The molecule has 22 heavy (non-hydrogen) atoms. The smallest absolute Gasteiger partial charge is 0.127 e. The average molecular weight is 299 g/mol. The van der Waals surface area contributed by atoms with Crippen molar-refractivity contribution >= 4 is 0 Å². The summed E-state index contributed by atoms with van der Waals surface area (Å²) < 4.78 is 5.31. The summed E-state index contributed by atoms with van der Waals surface area (Å²) >= 11 is 0. The fraction of sp³-hybridized carbons (Fsp3) is 0.389. The molecule has 0 spiro atoms. The van der Waals surface area contributed by atoms with Gasteiger partial charge in [-0.25, -0.2) is 0 Å². The van der Waals surface area contributed by atoms with E-state index in [0.29, 0.717) is 0 Å². The van der Waals surface area contributed by atoms with E-state index in [4.69, 9.17) is 4.74 Å². The van der Waals surface area contributed by atoms with E-state index in [2.05, 4.69) is 29.2 Å². The number of pyridine rings is 1. The second-order valence-corrected chi connectivity index (χ2v) is 6.07. The molecule has 3 rings (SSSR count). The van der Waals surface area contributed by atoms with Crippen LogP contribution in [0.3, 0.4) is 0 Å². The van der Waals surface area contributed by atoms with Crippen molar-refractivity contribution < 1.29 is 14.5 Å². The minimum Gasteiger partial charge on any atom is -0.497 e. The Bertz CT molecular complexity index is 580. The van der Waals surface area contributed by atoms with Gasteiger partial charge < -0.3 is 14.5 Å². The van der Waals surface area contributed by atoms with Gasteiger partial charge in [-0.15, -0.1) is 0 Å². The number of hydrogen-bond donors (Lipinski definition) is 2. The SMILES string of the molecule is COc1cccc(C[NH+]2CC[NH+](Cc3cccnc3)CC2)c1. The number of hydrogen-bond acceptors (Lipinski definition) is 2. The summed E-state index contributed by atoms with van der Waals surface area (Å²) in [4.78, 5) is 7.55. The van der Waals surface area contributed by atoms with E-state index >= 15 is 0 Å². The van der Waals surface area contributed by atoms with Gasteiger partial charge in [0.2, 0.25) is 0 Å². The van der Waals surface area contributed by atoms with E-state index in [9.17, 15) is 0 Å². The Morgan fingerprint density at radius 1 is 0.955 bits per heavy atom. The Labute approximate surface area is 132 Å². The second-order valence-electron chi connectivity index (χ2n) is 6.07. The molecule has 2 N–H and O–H groups in total. The maximum Gasteiger partial charge on any atom is 0.127 e. The van der Waals surface area contributed by atoms with Crippen molar-refractivity contribution in [1.82, 2.24) is 4.98 Å². The Hall–Kier alpha value is -1.91. The average Bonchev–Trinajstić information content (AvgIpc) is 2.58. The van der Waals surface area contributed by atoms with Crippen LogP contribution in [0.25, 0.3) is 0 Å². The van der Waals surface area contributed by atoms with Gasteiger partial charge >= 0.3 is 0 Å².